The second-order valence-electron chi connectivity index (χ2n) is 5.23. The number of amides is 1. The number of hydrogen-bond acceptors (Lipinski definition) is 4. The monoisotopic (exact) mass is 264 g/mol. The van der Waals surface area contributed by atoms with E-state index in [-0.39, 0.29) is 5.91 Å². The molecule has 0 fully saturated rings. The zero-order valence-electron chi connectivity index (χ0n) is 11.6. The van der Waals surface area contributed by atoms with Crippen molar-refractivity contribution >= 4 is 11.6 Å². The molecule has 0 saturated carbocycles. The van der Waals surface area contributed by atoms with Crippen molar-refractivity contribution < 1.29 is 14.3 Å². The number of benzene rings is 1. The van der Waals surface area contributed by atoms with Gasteiger partial charge in [0, 0.05) is 18.3 Å². The molecule has 2 rings (SSSR count). The second kappa shape index (κ2) is 5.48. The Morgan fingerprint density at radius 1 is 1.26 bits per heavy atom. The molecule has 104 valence electrons. The molecule has 0 spiro atoms. The summed E-state index contributed by atoms with van der Waals surface area (Å²) in [5.74, 6) is 1.37. The van der Waals surface area contributed by atoms with Crippen molar-refractivity contribution in [3.63, 3.8) is 0 Å². The molecule has 1 aliphatic rings. The van der Waals surface area contributed by atoms with Crippen molar-refractivity contribution in [3.05, 3.63) is 18.2 Å². The molecule has 1 aromatic carbocycles. The maximum absolute atomic E-state index is 12.2. The molecule has 2 N–H and O–H groups in total. The van der Waals surface area contributed by atoms with E-state index < -0.39 is 5.41 Å². The maximum atomic E-state index is 12.2. The first-order valence-corrected chi connectivity index (χ1v) is 6.38. The summed E-state index contributed by atoms with van der Waals surface area (Å²) in [6.07, 6.45) is 0. The van der Waals surface area contributed by atoms with E-state index in [1.165, 1.54) is 0 Å². The van der Waals surface area contributed by atoms with Gasteiger partial charge in [-0.2, -0.15) is 0 Å². The topological polar surface area (TPSA) is 59.6 Å². The third-order valence-corrected chi connectivity index (χ3v) is 3.03. The first-order chi connectivity index (χ1) is 9.03. The largest absolute Gasteiger partial charge is 0.486 e. The minimum Gasteiger partial charge on any atom is -0.486 e. The standard InChI is InChI=1S/C14H20N2O3/c1-14(2,9-15-3)13(17)16-10-4-5-11-12(8-10)19-7-6-18-11/h4-5,8,15H,6-7,9H2,1-3H3,(H,16,17). The van der Waals surface area contributed by atoms with Crippen LogP contribution < -0.4 is 20.1 Å². The quantitative estimate of drug-likeness (QED) is 0.868. The number of anilines is 1. The summed E-state index contributed by atoms with van der Waals surface area (Å²) < 4.78 is 10.9. The van der Waals surface area contributed by atoms with Gasteiger partial charge in [0.2, 0.25) is 5.91 Å². The van der Waals surface area contributed by atoms with Crippen LogP contribution in [0.15, 0.2) is 18.2 Å². The number of nitrogens with one attached hydrogen (secondary N) is 2. The normalized spacial score (nSPS) is 14.1. The van der Waals surface area contributed by atoms with Crippen LogP contribution in [0.3, 0.4) is 0 Å². The van der Waals surface area contributed by atoms with Crippen LogP contribution in [0.5, 0.6) is 11.5 Å². The SMILES string of the molecule is CNCC(C)(C)C(=O)Nc1ccc2c(c1)OCCO2. The van der Waals surface area contributed by atoms with Crippen LogP contribution in [0.4, 0.5) is 5.69 Å². The van der Waals surface area contributed by atoms with Crippen molar-refractivity contribution in [1.82, 2.24) is 5.32 Å². The summed E-state index contributed by atoms with van der Waals surface area (Å²) >= 11 is 0. The van der Waals surface area contributed by atoms with Crippen molar-refractivity contribution in [1.29, 1.82) is 0 Å². The van der Waals surface area contributed by atoms with E-state index >= 15 is 0 Å². The minimum absolute atomic E-state index is 0.0291. The molecule has 0 radical (unpaired) electrons. The fourth-order valence-electron chi connectivity index (χ4n) is 1.94. The number of rotatable bonds is 4. The molecule has 0 atom stereocenters. The van der Waals surface area contributed by atoms with Gasteiger partial charge in [0.25, 0.3) is 0 Å². The predicted octanol–water partition coefficient (Wildman–Crippen LogP) is 1.64. The molecule has 1 aliphatic heterocycles. The molecule has 5 heteroatoms. The van der Waals surface area contributed by atoms with Crippen molar-refractivity contribution in [2.45, 2.75) is 13.8 Å². The molecule has 1 aromatic rings. The number of fused-ring (bicyclic) bond motifs is 1. The summed E-state index contributed by atoms with van der Waals surface area (Å²) in [5.41, 5.74) is 0.251. The van der Waals surface area contributed by atoms with Crippen LogP contribution in [-0.2, 0) is 4.79 Å². The summed E-state index contributed by atoms with van der Waals surface area (Å²) in [6.45, 7) is 5.51. The van der Waals surface area contributed by atoms with E-state index in [2.05, 4.69) is 10.6 Å². The van der Waals surface area contributed by atoms with Gasteiger partial charge in [-0.05, 0) is 33.0 Å². The average Bonchev–Trinajstić information content (AvgIpc) is 2.38. The lowest BCUT2D eigenvalue weighted by molar-refractivity contribution is -0.123. The van der Waals surface area contributed by atoms with Crippen LogP contribution in [0.1, 0.15) is 13.8 Å². The van der Waals surface area contributed by atoms with Gasteiger partial charge in [-0.15, -0.1) is 0 Å². The van der Waals surface area contributed by atoms with Crippen LogP contribution in [0.25, 0.3) is 0 Å². The highest BCUT2D eigenvalue weighted by Gasteiger charge is 2.27. The van der Waals surface area contributed by atoms with Crippen molar-refractivity contribution in [3.8, 4) is 11.5 Å². The first kappa shape index (κ1) is 13.7. The molecule has 19 heavy (non-hydrogen) atoms. The van der Waals surface area contributed by atoms with E-state index in [0.29, 0.717) is 25.5 Å². The van der Waals surface area contributed by atoms with E-state index in [1.54, 1.807) is 6.07 Å². The van der Waals surface area contributed by atoms with Crippen LogP contribution in [-0.4, -0.2) is 32.7 Å². The highest BCUT2D eigenvalue weighted by molar-refractivity contribution is 5.95. The molecule has 1 amide bonds. The molecule has 1 heterocycles. The van der Waals surface area contributed by atoms with Gasteiger partial charge in [-0.3, -0.25) is 4.79 Å². The zero-order valence-corrected chi connectivity index (χ0v) is 11.6. The Kier molecular flexibility index (Phi) is 3.95. The van der Waals surface area contributed by atoms with Gasteiger partial charge in [-0.1, -0.05) is 0 Å². The molecule has 0 aromatic heterocycles. The molecule has 0 bridgehead atoms. The molecular weight excluding hydrogens is 244 g/mol. The first-order valence-electron chi connectivity index (χ1n) is 6.38. The van der Waals surface area contributed by atoms with Gasteiger partial charge in [0.15, 0.2) is 11.5 Å². The van der Waals surface area contributed by atoms with Gasteiger partial charge >= 0.3 is 0 Å². The van der Waals surface area contributed by atoms with Crippen molar-refractivity contribution in [2.24, 2.45) is 5.41 Å². The minimum atomic E-state index is -0.470. The van der Waals surface area contributed by atoms with Crippen LogP contribution in [0, 0.1) is 5.41 Å². The lowest BCUT2D eigenvalue weighted by atomic mass is 9.92. The Hall–Kier alpha value is -1.75. The average molecular weight is 264 g/mol. The molecule has 0 aliphatic carbocycles. The lowest BCUT2D eigenvalue weighted by Crippen LogP contribution is -2.38. The number of hydrogen-bond donors (Lipinski definition) is 2. The van der Waals surface area contributed by atoms with E-state index in [4.69, 9.17) is 9.47 Å². The second-order valence-corrected chi connectivity index (χ2v) is 5.23. The fraction of sp³-hybridized carbons (Fsp3) is 0.500. The fourth-order valence-corrected chi connectivity index (χ4v) is 1.94. The summed E-state index contributed by atoms with van der Waals surface area (Å²) in [4.78, 5) is 12.2. The summed E-state index contributed by atoms with van der Waals surface area (Å²) in [5, 5.41) is 5.92. The molecule has 0 unspecified atom stereocenters. The maximum Gasteiger partial charge on any atom is 0.231 e. The Labute approximate surface area is 113 Å². The van der Waals surface area contributed by atoms with Crippen LogP contribution in [0.2, 0.25) is 0 Å². The third kappa shape index (κ3) is 3.17. The van der Waals surface area contributed by atoms with E-state index in [9.17, 15) is 4.79 Å². The van der Waals surface area contributed by atoms with Gasteiger partial charge in [0.1, 0.15) is 13.2 Å². The Bertz CT molecular complexity index is 472. The molecular formula is C14H20N2O3. The molecule has 5 nitrogen and oxygen atoms in total. The number of ether oxygens (including phenoxy) is 2. The highest BCUT2D eigenvalue weighted by atomic mass is 16.6. The van der Waals surface area contributed by atoms with Gasteiger partial charge < -0.3 is 20.1 Å². The smallest absolute Gasteiger partial charge is 0.231 e. The summed E-state index contributed by atoms with van der Waals surface area (Å²) in [6, 6.07) is 5.43. The number of carbonyl (C=O) groups excluding carboxylic acids is 1. The predicted molar refractivity (Wildman–Crippen MR) is 73.8 cm³/mol. The van der Waals surface area contributed by atoms with Crippen LogP contribution >= 0.6 is 0 Å². The highest BCUT2D eigenvalue weighted by Crippen LogP contribution is 2.33. The third-order valence-electron chi connectivity index (χ3n) is 3.03. The van der Waals surface area contributed by atoms with Crippen molar-refractivity contribution in [2.75, 3.05) is 32.1 Å². The van der Waals surface area contributed by atoms with Gasteiger partial charge in [-0.25, -0.2) is 0 Å². The zero-order chi connectivity index (χ0) is 13.9. The van der Waals surface area contributed by atoms with Gasteiger partial charge in [0.05, 0.1) is 5.41 Å². The lowest BCUT2D eigenvalue weighted by Gasteiger charge is -2.24. The summed E-state index contributed by atoms with van der Waals surface area (Å²) in [7, 11) is 1.83. The van der Waals surface area contributed by atoms with E-state index in [1.807, 2.05) is 33.0 Å². The Morgan fingerprint density at radius 3 is 2.63 bits per heavy atom. The molecule has 0 saturated heterocycles. The Balaban J connectivity index is 2.09. The number of carbonyl (C=O) groups is 1. The van der Waals surface area contributed by atoms with E-state index in [0.717, 1.165) is 11.4 Å². The Morgan fingerprint density at radius 2 is 1.95 bits per heavy atom.